The van der Waals surface area contributed by atoms with Gasteiger partial charge < -0.3 is 15.7 Å². The minimum absolute atomic E-state index is 0.177. The Morgan fingerprint density at radius 1 is 1.10 bits per heavy atom. The van der Waals surface area contributed by atoms with Gasteiger partial charge >= 0.3 is 12.0 Å². The lowest BCUT2D eigenvalue weighted by Crippen LogP contribution is -2.30. The van der Waals surface area contributed by atoms with E-state index in [0.717, 1.165) is 5.69 Å². The Morgan fingerprint density at radius 3 is 2.48 bits per heavy atom. The van der Waals surface area contributed by atoms with Gasteiger partial charge in [-0.3, -0.25) is 4.98 Å². The topological polar surface area (TPSA) is 91.3 Å². The number of anilines is 1. The molecule has 108 valence electrons. The number of aromatic nitrogens is 1. The Kier molecular flexibility index (Phi) is 4.87. The number of carbonyl (C=O) groups excluding carboxylic acids is 1. The lowest BCUT2D eigenvalue weighted by atomic mass is 10.2. The van der Waals surface area contributed by atoms with Gasteiger partial charge in [0.05, 0.1) is 5.56 Å². The fraction of sp³-hybridized carbons (Fsp3) is 0.133. The molecule has 0 aliphatic rings. The molecule has 0 radical (unpaired) electrons. The Bertz CT molecular complexity index is 612. The number of nitrogens with one attached hydrogen (secondary N) is 2. The third-order valence-corrected chi connectivity index (χ3v) is 2.78. The molecule has 0 fully saturated rings. The normalized spacial score (nSPS) is 9.90. The molecule has 21 heavy (non-hydrogen) atoms. The summed E-state index contributed by atoms with van der Waals surface area (Å²) in [5, 5.41) is 14.1. The van der Waals surface area contributed by atoms with Crippen molar-refractivity contribution in [1.29, 1.82) is 0 Å². The molecule has 2 amide bonds. The predicted molar refractivity (Wildman–Crippen MR) is 78.4 cm³/mol. The van der Waals surface area contributed by atoms with Crippen LogP contribution in [0.15, 0.2) is 48.7 Å². The summed E-state index contributed by atoms with van der Waals surface area (Å²) in [5.41, 5.74) is 1.62. The average Bonchev–Trinajstić information content (AvgIpc) is 2.49. The number of carbonyl (C=O) groups is 2. The second-order valence-corrected chi connectivity index (χ2v) is 4.33. The summed E-state index contributed by atoms with van der Waals surface area (Å²) in [6, 6.07) is 11.2. The maximum Gasteiger partial charge on any atom is 0.335 e. The molecule has 0 atom stereocenters. The smallest absolute Gasteiger partial charge is 0.335 e. The quantitative estimate of drug-likeness (QED) is 0.785. The molecule has 0 unspecified atom stereocenters. The molecule has 1 aromatic heterocycles. The summed E-state index contributed by atoms with van der Waals surface area (Å²) in [7, 11) is 0. The molecule has 6 heteroatoms. The van der Waals surface area contributed by atoms with Crippen molar-refractivity contribution in [3.63, 3.8) is 0 Å². The number of hydrogen-bond acceptors (Lipinski definition) is 3. The molecule has 0 aliphatic heterocycles. The number of carboxylic acids is 1. The van der Waals surface area contributed by atoms with Gasteiger partial charge in [0.1, 0.15) is 0 Å². The first kappa shape index (κ1) is 14.5. The fourth-order valence-corrected chi connectivity index (χ4v) is 1.72. The highest BCUT2D eigenvalue weighted by Crippen LogP contribution is 2.09. The van der Waals surface area contributed by atoms with E-state index in [1.54, 1.807) is 18.3 Å². The monoisotopic (exact) mass is 285 g/mol. The van der Waals surface area contributed by atoms with Crippen LogP contribution in [0.25, 0.3) is 0 Å². The Labute approximate surface area is 121 Å². The fourth-order valence-electron chi connectivity index (χ4n) is 1.72. The lowest BCUT2D eigenvalue weighted by Gasteiger charge is -2.07. The van der Waals surface area contributed by atoms with Crippen molar-refractivity contribution < 1.29 is 14.7 Å². The number of aromatic carboxylic acids is 1. The number of pyridine rings is 1. The van der Waals surface area contributed by atoms with E-state index in [2.05, 4.69) is 15.6 Å². The number of nitrogens with zero attached hydrogens (tertiary/aromatic N) is 1. The summed E-state index contributed by atoms with van der Waals surface area (Å²) in [5.74, 6) is -0.999. The van der Waals surface area contributed by atoms with E-state index in [9.17, 15) is 9.59 Å². The zero-order chi connectivity index (χ0) is 15.1. The third kappa shape index (κ3) is 4.61. The minimum atomic E-state index is -0.999. The van der Waals surface area contributed by atoms with Crippen LogP contribution in [-0.4, -0.2) is 28.6 Å². The van der Waals surface area contributed by atoms with E-state index in [4.69, 9.17) is 5.11 Å². The molecular formula is C15H15N3O3. The molecular weight excluding hydrogens is 270 g/mol. The van der Waals surface area contributed by atoms with E-state index in [0.29, 0.717) is 18.7 Å². The van der Waals surface area contributed by atoms with Gasteiger partial charge in [0.2, 0.25) is 0 Å². The van der Waals surface area contributed by atoms with Crippen LogP contribution in [-0.2, 0) is 6.42 Å². The highest BCUT2D eigenvalue weighted by Gasteiger charge is 2.04. The summed E-state index contributed by atoms with van der Waals surface area (Å²) in [6.45, 7) is 0.468. The molecule has 2 aromatic rings. The number of rotatable bonds is 5. The van der Waals surface area contributed by atoms with Crippen LogP contribution >= 0.6 is 0 Å². The van der Waals surface area contributed by atoms with Crippen molar-refractivity contribution >= 4 is 17.7 Å². The SMILES string of the molecule is O=C(NCCc1ccccn1)Nc1ccc(C(=O)O)cc1. The van der Waals surface area contributed by atoms with Crippen molar-refractivity contribution in [2.24, 2.45) is 0 Å². The molecule has 0 bridgehead atoms. The third-order valence-electron chi connectivity index (χ3n) is 2.78. The molecule has 1 heterocycles. The van der Waals surface area contributed by atoms with Crippen molar-refractivity contribution in [2.75, 3.05) is 11.9 Å². The molecule has 3 N–H and O–H groups in total. The first-order valence-electron chi connectivity index (χ1n) is 6.43. The highest BCUT2D eigenvalue weighted by molar-refractivity contribution is 5.91. The Morgan fingerprint density at radius 2 is 1.86 bits per heavy atom. The maximum atomic E-state index is 11.7. The zero-order valence-electron chi connectivity index (χ0n) is 11.2. The van der Waals surface area contributed by atoms with Gasteiger partial charge in [-0.05, 0) is 36.4 Å². The van der Waals surface area contributed by atoms with Gasteiger partial charge in [0.15, 0.2) is 0 Å². The maximum absolute atomic E-state index is 11.7. The first-order valence-corrected chi connectivity index (χ1v) is 6.43. The summed E-state index contributed by atoms with van der Waals surface area (Å²) in [6.07, 6.45) is 2.35. The average molecular weight is 285 g/mol. The van der Waals surface area contributed by atoms with E-state index >= 15 is 0 Å². The molecule has 6 nitrogen and oxygen atoms in total. The number of hydrogen-bond donors (Lipinski definition) is 3. The zero-order valence-corrected chi connectivity index (χ0v) is 11.2. The van der Waals surface area contributed by atoms with Crippen LogP contribution in [0.1, 0.15) is 16.1 Å². The molecule has 1 aromatic carbocycles. The number of benzene rings is 1. The van der Waals surface area contributed by atoms with Gasteiger partial charge in [-0.25, -0.2) is 9.59 Å². The van der Waals surface area contributed by atoms with Crippen LogP contribution in [0.2, 0.25) is 0 Å². The lowest BCUT2D eigenvalue weighted by molar-refractivity contribution is 0.0697. The largest absolute Gasteiger partial charge is 0.478 e. The van der Waals surface area contributed by atoms with Crippen LogP contribution in [0.5, 0.6) is 0 Å². The van der Waals surface area contributed by atoms with Gasteiger partial charge in [-0.2, -0.15) is 0 Å². The summed E-state index contributed by atoms with van der Waals surface area (Å²) >= 11 is 0. The summed E-state index contributed by atoms with van der Waals surface area (Å²) < 4.78 is 0. The standard InChI is InChI=1S/C15H15N3O3/c19-14(20)11-4-6-13(7-5-11)18-15(21)17-10-8-12-3-1-2-9-16-12/h1-7,9H,8,10H2,(H,19,20)(H2,17,18,21). The van der Waals surface area contributed by atoms with Crippen molar-refractivity contribution in [1.82, 2.24) is 10.3 Å². The molecule has 0 saturated carbocycles. The van der Waals surface area contributed by atoms with E-state index in [1.165, 1.54) is 12.1 Å². The second-order valence-electron chi connectivity index (χ2n) is 4.33. The van der Waals surface area contributed by atoms with Crippen LogP contribution in [0.4, 0.5) is 10.5 Å². The predicted octanol–water partition coefficient (Wildman–Crippen LogP) is 2.14. The minimum Gasteiger partial charge on any atom is -0.478 e. The number of carboxylic acid groups (broad SMARTS) is 1. The van der Waals surface area contributed by atoms with E-state index in [-0.39, 0.29) is 11.6 Å². The van der Waals surface area contributed by atoms with Crippen molar-refractivity contribution in [3.8, 4) is 0 Å². The van der Waals surface area contributed by atoms with Crippen LogP contribution < -0.4 is 10.6 Å². The van der Waals surface area contributed by atoms with Gasteiger partial charge in [-0.1, -0.05) is 6.07 Å². The molecule has 0 saturated heterocycles. The Hall–Kier alpha value is -2.89. The summed E-state index contributed by atoms with van der Waals surface area (Å²) in [4.78, 5) is 26.5. The van der Waals surface area contributed by atoms with Gasteiger partial charge in [0, 0.05) is 30.5 Å². The molecule has 0 aliphatic carbocycles. The highest BCUT2D eigenvalue weighted by atomic mass is 16.4. The Balaban J connectivity index is 1.78. The van der Waals surface area contributed by atoms with Crippen LogP contribution in [0.3, 0.4) is 0 Å². The van der Waals surface area contributed by atoms with Crippen molar-refractivity contribution in [2.45, 2.75) is 6.42 Å². The van der Waals surface area contributed by atoms with Gasteiger partial charge in [0.25, 0.3) is 0 Å². The van der Waals surface area contributed by atoms with Crippen LogP contribution in [0, 0.1) is 0 Å². The molecule has 0 spiro atoms. The number of amides is 2. The van der Waals surface area contributed by atoms with E-state index in [1.807, 2.05) is 18.2 Å². The molecule has 2 rings (SSSR count). The first-order chi connectivity index (χ1) is 10.1. The number of urea groups is 1. The van der Waals surface area contributed by atoms with Crippen molar-refractivity contribution in [3.05, 3.63) is 59.9 Å². The second kappa shape index (κ2) is 7.04. The van der Waals surface area contributed by atoms with Gasteiger partial charge in [-0.15, -0.1) is 0 Å². The van der Waals surface area contributed by atoms with E-state index < -0.39 is 5.97 Å².